The molecule has 2 aliphatic heterocycles. The first-order valence-corrected chi connectivity index (χ1v) is 15.2. The van der Waals surface area contributed by atoms with E-state index < -0.39 is 0 Å². The Bertz CT molecular complexity index is 1460. The van der Waals surface area contributed by atoms with Crippen LogP contribution in [0, 0.1) is 10.8 Å². The van der Waals surface area contributed by atoms with Gasteiger partial charge < -0.3 is 15.1 Å². The number of aromatic nitrogens is 1. The van der Waals surface area contributed by atoms with Crippen molar-refractivity contribution in [2.24, 2.45) is 10.8 Å². The second-order valence-corrected chi connectivity index (χ2v) is 13.4. The largest absolute Gasteiger partial charge is 0.371 e. The normalized spacial score (nSPS) is 21.0. The van der Waals surface area contributed by atoms with Crippen LogP contribution >= 0.6 is 23.2 Å². The molecule has 2 amide bonds. The molecule has 8 heteroatoms. The summed E-state index contributed by atoms with van der Waals surface area (Å²) < 4.78 is 0. The maximum absolute atomic E-state index is 13.7. The van der Waals surface area contributed by atoms with E-state index in [-0.39, 0.29) is 28.3 Å². The zero-order valence-electron chi connectivity index (χ0n) is 23.6. The van der Waals surface area contributed by atoms with Gasteiger partial charge in [-0.05, 0) is 90.5 Å². The van der Waals surface area contributed by atoms with Crippen molar-refractivity contribution in [3.8, 4) is 0 Å². The number of amides is 2. The molecule has 1 unspecified atom stereocenters. The summed E-state index contributed by atoms with van der Waals surface area (Å²) in [5, 5.41) is 3.79. The fraction of sp³-hybridized carbons (Fsp3) is 0.424. The van der Waals surface area contributed by atoms with Crippen LogP contribution in [0.2, 0.25) is 10.0 Å². The number of benzene rings is 2. The van der Waals surface area contributed by atoms with Crippen molar-refractivity contribution in [1.29, 1.82) is 0 Å². The van der Waals surface area contributed by atoms with Crippen molar-refractivity contribution in [2.45, 2.75) is 52.0 Å². The lowest BCUT2D eigenvalue weighted by Gasteiger charge is -2.47. The monoisotopic (exact) mass is 590 g/mol. The SMILES string of the molecule is CC1(C)Cc2ccc(C(=O)N3CCC4(CC3)CCN(c3ccncc3)CC4)cc2C1NC(=O)c1cccc(Cl)c1Cl. The Hall–Kier alpha value is -3.09. The predicted octanol–water partition coefficient (Wildman–Crippen LogP) is 6.96. The number of carbonyl (C=O) groups excluding carboxylic acids is 2. The summed E-state index contributed by atoms with van der Waals surface area (Å²) in [5.74, 6) is -0.194. The van der Waals surface area contributed by atoms with Crippen LogP contribution in [0.3, 0.4) is 0 Å². The molecule has 1 aromatic heterocycles. The first kappa shape index (κ1) is 28.0. The Morgan fingerprint density at radius 2 is 1.61 bits per heavy atom. The summed E-state index contributed by atoms with van der Waals surface area (Å²) >= 11 is 12.5. The summed E-state index contributed by atoms with van der Waals surface area (Å²) in [4.78, 5) is 35.6. The van der Waals surface area contributed by atoms with Gasteiger partial charge in [0.15, 0.2) is 0 Å². The van der Waals surface area contributed by atoms with E-state index in [1.165, 1.54) is 5.69 Å². The second-order valence-electron chi connectivity index (χ2n) is 12.6. The number of nitrogens with zero attached hydrogens (tertiary/aromatic N) is 3. The van der Waals surface area contributed by atoms with Gasteiger partial charge in [-0.15, -0.1) is 0 Å². The standard InChI is InChI=1S/C33H36Cl2N4O2/c1-32(2)21-23-7-6-22(20-26(23)29(32)37-30(40)25-4-3-5-27(34)28(25)35)31(41)39-18-12-33(13-19-39)10-16-38(17-11-33)24-8-14-36-15-9-24/h3-9,14-15,20,29H,10-13,16-19,21H2,1-2H3,(H,37,40). The molecule has 0 radical (unpaired) electrons. The molecule has 3 heterocycles. The molecule has 1 atom stereocenters. The van der Waals surface area contributed by atoms with Crippen LogP contribution in [0.1, 0.15) is 77.4 Å². The van der Waals surface area contributed by atoms with Crippen molar-refractivity contribution in [1.82, 2.24) is 15.2 Å². The topological polar surface area (TPSA) is 65.5 Å². The average molecular weight is 592 g/mol. The third kappa shape index (κ3) is 5.44. The fourth-order valence-corrected chi connectivity index (χ4v) is 7.38. The number of fused-ring (bicyclic) bond motifs is 1. The molecular formula is C33H36Cl2N4O2. The van der Waals surface area contributed by atoms with Crippen LogP contribution in [0.15, 0.2) is 60.9 Å². The van der Waals surface area contributed by atoms with Crippen LogP contribution in [0.4, 0.5) is 5.69 Å². The van der Waals surface area contributed by atoms with Crippen LogP contribution < -0.4 is 10.2 Å². The van der Waals surface area contributed by atoms with Gasteiger partial charge in [-0.3, -0.25) is 14.6 Å². The quantitative estimate of drug-likeness (QED) is 0.356. The summed E-state index contributed by atoms with van der Waals surface area (Å²) in [5.41, 5.74) is 4.55. The van der Waals surface area contributed by atoms with Gasteiger partial charge in [0.2, 0.25) is 0 Å². The van der Waals surface area contributed by atoms with E-state index in [0.717, 1.165) is 69.4 Å². The predicted molar refractivity (Wildman–Crippen MR) is 164 cm³/mol. The lowest BCUT2D eigenvalue weighted by Crippen LogP contribution is -2.48. The highest BCUT2D eigenvalue weighted by Gasteiger charge is 2.42. The molecule has 0 saturated carbocycles. The van der Waals surface area contributed by atoms with Crippen molar-refractivity contribution in [3.63, 3.8) is 0 Å². The second kappa shape index (κ2) is 11.0. The number of likely N-dealkylation sites (tertiary alicyclic amines) is 1. The number of pyridine rings is 1. The van der Waals surface area contributed by atoms with E-state index >= 15 is 0 Å². The van der Waals surface area contributed by atoms with Crippen LogP contribution in [-0.4, -0.2) is 47.9 Å². The van der Waals surface area contributed by atoms with Gasteiger partial charge in [0.25, 0.3) is 11.8 Å². The lowest BCUT2D eigenvalue weighted by molar-refractivity contribution is 0.0515. The van der Waals surface area contributed by atoms with E-state index in [4.69, 9.17) is 23.2 Å². The van der Waals surface area contributed by atoms with E-state index in [1.54, 1.807) is 18.2 Å². The van der Waals surface area contributed by atoms with Gasteiger partial charge in [0, 0.05) is 49.8 Å². The smallest absolute Gasteiger partial charge is 0.253 e. The highest BCUT2D eigenvalue weighted by atomic mass is 35.5. The van der Waals surface area contributed by atoms with Gasteiger partial charge in [0.1, 0.15) is 0 Å². The molecule has 6 rings (SSSR count). The molecular weight excluding hydrogens is 555 g/mol. The molecule has 214 valence electrons. The number of anilines is 1. The fourth-order valence-electron chi connectivity index (χ4n) is 6.99. The van der Waals surface area contributed by atoms with Crippen molar-refractivity contribution < 1.29 is 9.59 Å². The molecule has 1 aliphatic carbocycles. The molecule has 41 heavy (non-hydrogen) atoms. The Labute approximate surface area is 252 Å². The molecule has 1 spiro atoms. The number of nitrogens with one attached hydrogen (secondary N) is 1. The zero-order chi connectivity index (χ0) is 28.8. The minimum atomic E-state index is -0.267. The van der Waals surface area contributed by atoms with Gasteiger partial charge in [-0.2, -0.15) is 0 Å². The Morgan fingerprint density at radius 3 is 2.32 bits per heavy atom. The van der Waals surface area contributed by atoms with Crippen LogP contribution in [0.5, 0.6) is 0 Å². The van der Waals surface area contributed by atoms with Gasteiger partial charge in [0.05, 0.1) is 21.7 Å². The van der Waals surface area contributed by atoms with Crippen LogP contribution in [0.25, 0.3) is 0 Å². The first-order valence-electron chi connectivity index (χ1n) is 14.5. The Morgan fingerprint density at radius 1 is 0.927 bits per heavy atom. The molecule has 2 aromatic carbocycles. The maximum atomic E-state index is 13.7. The average Bonchev–Trinajstić information content (AvgIpc) is 3.23. The maximum Gasteiger partial charge on any atom is 0.253 e. The third-order valence-corrected chi connectivity index (χ3v) is 10.4. The van der Waals surface area contributed by atoms with Gasteiger partial charge in [-0.1, -0.05) is 49.2 Å². The summed E-state index contributed by atoms with van der Waals surface area (Å²) in [7, 11) is 0. The summed E-state index contributed by atoms with van der Waals surface area (Å²) in [6.07, 6.45) is 8.92. The number of halogens is 2. The minimum absolute atomic E-state index is 0.0736. The van der Waals surface area contributed by atoms with E-state index in [9.17, 15) is 9.59 Å². The van der Waals surface area contributed by atoms with Gasteiger partial charge in [-0.25, -0.2) is 0 Å². The Kier molecular flexibility index (Phi) is 7.50. The highest BCUT2D eigenvalue weighted by molar-refractivity contribution is 6.43. The van der Waals surface area contributed by atoms with Gasteiger partial charge >= 0.3 is 0 Å². The van der Waals surface area contributed by atoms with E-state index in [0.29, 0.717) is 21.6 Å². The number of rotatable bonds is 4. The first-order chi connectivity index (χ1) is 19.7. The molecule has 0 bridgehead atoms. The number of piperidine rings is 2. The lowest BCUT2D eigenvalue weighted by atomic mass is 9.71. The van der Waals surface area contributed by atoms with Crippen LogP contribution in [-0.2, 0) is 6.42 Å². The molecule has 3 aliphatic rings. The van der Waals surface area contributed by atoms with E-state index in [2.05, 4.69) is 47.2 Å². The summed E-state index contributed by atoms with van der Waals surface area (Å²) in [6, 6.07) is 15.0. The molecule has 6 nitrogen and oxygen atoms in total. The summed E-state index contributed by atoms with van der Waals surface area (Å²) in [6.45, 7) is 7.94. The number of carbonyl (C=O) groups is 2. The Balaban J connectivity index is 1.13. The minimum Gasteiger partial charge on any atom is -0.371 e. The molecule has 1 N–H and O–H groups in total. The number of hydrogen-bond donors (Lipinski definition) is 1. The molecule has 2 fully saturated rings. The van der Waals surface area contributed by atoms with Crippen molar-refractivity contribution >= 4 is 40.7 Å². The van der Waals surface area contributed by atoms with Crippen molar-refractivity contribution in [3.05, 3.63) is 93.2 Å². The third-order valence-electron chi connectivity index (χ3n) is 9.57. The zero-order valence-corrected chi connectivity index (χ0v) is 25.1. The van der Waals surface area contributed by atoms with E-state index in [1.807, 2.05) is 29.4 Å². The van der Waals surface area contributed by atoms with Crippen molar-refractivity contribution in [2.75, 3.05) is 31.1 Å². The highest BCUT2D eigenvalue weighted by Crippen LogP contribution is 2.46. The molecule has 3 aromatic rings. The number of hydrogen-bond acceptors (Lipinski definition) is 4. The molecule has 2 saturated heterocycles.